The normalized spacial score (nSPS) is 25.8. The number of benzene rings is 1. The van der Waals surface area contributed by atoms with Crippen molar-refractivity contribution in [2.75, 3.05) is 26.2 Å². The number of hydrogen-bond donors (Lipinski definition) is 2. The number of carbonyl (C=O) groups is 1. The van der Waals surface area contributed by atoms with Gasteiger partial charge in [0.15, 0.2) is 0 Å². The van der Waals surface area contributed by atoms with Gasteiger partial charge in [0.2, 0.25) is 0 Å². The van der Waals surface area contributed by atoms with Crippen molar-refractivity contribution < 1.29 is 9.53 Å². The third kappa shape index (κ3) is 6.71. The molecule has 148 valence electrons. The topological polar surface area (TPSA) is 53.6 Å². The number of carbonyl (C=O) groups excluding carboxylic acids is 1. The second-order valence-corrected chi connectivity index (χ2v) is 7.15. The van der Waals surface area contributed by atoms with E-state index in [0.717, 1.165) is 38.2 Å². The summed E-state index contributed by atoms with van der Waals surface area (Å²) < 4.78 is 5.77. The minimum atomic E-state index is 0. The van der Waals surface area contributed by atoms with E-state index in [1.165, 1.54) is 12.0 Å². The summed E-state index contributed by atoms with van der Waals surface area (Å²) in [5, 5.41) is 6.42. The fraction of sp³-hybridized carbons (Fsp3) is 0.632. The first-order chi connectivity index (χ1) is 11.6. The Morgan fingerprint density at radius 1 is 1.19 bits per heavy atom. The quantitative estimate of drug-likeness (QED) is 0.793. The molecule has 3 atom stereocenters. The van der Waals surface area contributed by atoms with Gasteiger partial charge in [0.05, 0.1) is 12.2 Å². The summed E-state index contributed by atoms with van der Waals surface area (Å²) >= 11 is 0. The monoisotopic (exact) mass is 403 g/mol. The fourth-order valence-electron chi connectivity index (χ4n) is 3.68. The summed E-state index contributed by atoms with van der Waals surface area (Å²) in [6.07, 6.45) is 2.91. The predicted octanol–water partition coefficient (Wildman–Crippen LogP) is 2.62. The van der Waals surface area contributed by atoms with Crippen LogP contribution in [-0.2, 0) is 11.3 Å². The SMILES string of the molecule is CC1CN(Cc2ccc(C(=O)NCC3CCCN3)cc2)CC(C)O1.Cl.Cl. The van der Waals surface area contributed by atoms with Gasteiger partial charge in [-0.2, -0.15) is 0 Å². The lowest BCUT2D eigenvalue weighted by Crippen LogP contribution is -2.44. The van der Waals surface area contributed by atoms with Crippen LogP contribution < -0.4 is 10.6 Å². The molecule has 2 aliphatic rings. The summed E-state index contributed by atoms with van der Waals surface area (Å²) in [5.74, 6) is 0.0175. The molecule has 0 saturated carbocycles. The van der Waals surface area contributed by atoms with Gasteiger partial charge in [0.1, 0.15) is 0 Å². The van der Waals surface area contributed by atoms with E-state index in [1.54, 1.807) is 0 Å². The molecule has 26 heavy (non-hydrogen) atoms. The van der Waals surface area contributed by atoms with Crippen molar-refractivity contribution >= 4 is 30.7 Å². The molecular weight excluding hydrogens is 373 g/mol. The lowest BCUT2D eigenvalue weighted by molar-refractivity contribution is -0.0704. The lowest BCUT2D eigenvalue weighted by Gasteiger charge is -2.35. The highest BCUT2D eigenvalue weighted by atomic mass is 35.5. The van der Waals surface area contributed by atoms with Crippen molar-refractivity contribution in [3.05, 3.63) is 35.4 Å². The molecule has 0 aliphatic carbocycles. The van der Waals surface area contributed by atoms with Crippen LogP contribution in [-0.4, -0.2) is 55.2 Å². The van der Waals surface area contributed by atoms with Crippen LogP contribution in [0.1, 0.15) is 42.6 Å². The van der Waals surface area contributed by atoms with Crippen LogP contribution in [0.25, 0.3) is 0 Å². The smallest absolute Gasteiger partial charge is 0.251 e. The molecule has 2 aliphatic heterocycles. The van der Waals surface area contributed by atoms with Crippen molar-refractivity contribution in [1.29, 1.82) is 0 Å². The number of rotatable bonds is 5. The van der Waals surface area contributed by atoms with E-state index in [1.807, 2.05) is 12.1 Å². The van der Waals surface area contributed by atoms with Crippen molar-refractivity contribution in [3.63, 3.8) is 0 Å². The Labute approximate surface area is 169 Å². The molecule has 0 spiro atoms. The third-order valence-corrected chi connectivity index (χ3v) is 4.79. The van der Waals surface area contributed by atoms with Gasteiger partial charge < -0.3 is 15.4 Å². The minimum Gasteiger partial charge on any atom is -0.373 e. The van der Waals surface area contributed by atoms with Gasteiger partial charge >= 0.3 is 0 Å². The number of nitrogens with one attached hydrogen (secondary N) is 2. The number of morpholine rings is 1. The first kappa shape index (κ1) is 23.2. The first-order valence-corrected chi connectivity index (χ1v) is 9.08. The van der Waals surface area contributed by atoms with Gasteiger partial charge in [-0.05, 0) is 50.9 Å². The van der Waals surface area contributed by atoms with Crippen LogP contribution >= 0.6 is 24.8 Å². The van der Waals surface area contributed by atoms with Gasteiger partial charge in [-0.25, -0.2) is 0 Å². The average Bonchev–Trinajstić information content (AvgIpc) is 3.06. The standard InChI is InChI=1S/C19H29N3O2.2ClH/c1-14-11-22(12-15(2)24-14)13-16-5-7-17(8-6-16)19(23)21-10-18-4-3-9-20-18;;/h5-8,14-15,18,20H,3-4,9-13H2,1-2H3,(H,21,23);2*1H. The molecular formula is C19H31Cl2N3O2. The summed E-state index contributed by atoms with van der Waals surface area (Å²) in [6.45, 7) is 8.84. The predicted molar refractivity (Wildman–Crippen MR) is 110 cm³/mol. The van der Waals surface area contributed by atoms with Crippen molar-refractivity contribution in [3.8, 4) is 0 Å². The maximum absolute atomic E-state index is 12.2. The Kier molecular flexibility index (Phi) is 9.90. The molecule has 2 heterocycles. The van der Waals surface area contributed by atoms with Crippen LogP contribution in [0.5, 0.6) is 0 Å². The maximum atomic E-state index is 12.2. The molecule has 1 amide bonds. The van der Waals surface area contributed by atoms with Crippen LogP contribution in [0.2, 0.25) is 0 Å². The Balaban J connectivity index is 0.00000169. The van der Waals surface area contributed by atoms with Crippen molar-refractivity contribution in [2.24, 2.45) is 0 Å². The third-order valence-electron chi connectivity index (χ3n) is 4.79. The summed E-state index contributed by atoms with van der Waals surface area (Å²) in [6, 6.07) is 8.42. The zero-order chi connectivity index (χ0) is 16.9. The molecule has 1 aromatic carbocycles. The highest BCUT2D eigenvalue weighted by molar-refractivity contribution is 5.94. The molecule has 0 bridgehead atoms. The lowest BCUT2D eigenvalue weighted by atomic mass is 10.1. The minimum absolute atomic E-state index is 0. The van der Waals surface area contributed by atoms with E-state index in [-0.39, 0.29) is 42.9 Å². The van der Waals surface area contributed by atoms with E-state index in [4.69, 9.17) is 4.74 Å². The van der Waals surface area contributed by atoms with E-state index in [9.17, 15) is 4.79 Å². The van der Waals surface area contributed by atoms with E-state index < -0.39 is 0 Å². The highest BCUT2D eigenvalue weighted by Gasteiger charge is 2.22. The van der Waals surface area contributed by atoms with E-state index in [2.05, 4.69) is 41.5 Å². The van der Waals surface area contributed by atoms with E-state index >= 15 is 0 Å². The number of ether oxygens (including phenoxy) is 1. The molecule has 0 radical (unpaired) electrons. The molecule has 3 unspecified atom stereocenters. The van der Waals surface area contributed by atoms with Gasteiger partial charge in [-0.15, -0.1) is 24.8 Å². The summed E-state index contributed by atoms with van der Waals surface area (Å²) in [4.78, 5) is 14.6. The molecule has 7 heteroatoms. The molecule has 5 nitrogen and oxygen atoms in total. The fourth-order valence-corrected chi connectivity index (χ4v) is 3.68. The highest BCUT2D eigenvalue weighted by Crippen LogP contribution is 2.15. The van der Waals surface area contributed by atoms with E-state index in [0.29, 0.717) is 12.6 Å². The van der Waals surface area contributed by atoms with Crippen LogP contribution in [0.4, 0.5) is 0 Å². The molecule has 2 N–H and O–H groups in total. The Hall–Kier alpha value is -0.850. The van der Waals surface area contributed by atoms with Crippen molar-refractivity contribution in [2.45, 2.75) is 51.5 Å². The van der Waals surface area contributed by atoms with Crippen LogP contribution in [0.15, 0.2) is 24.3 Å². The number of hydrogen-bond acceptors (Lipinski definition) is 4. The van der Waals surface area contributed by atoms with Gasteiger partial charge in [0.25, 0.3) is 5.91 Å². The summed E-state index contributed by atoms with van der Waals surface area (Å²) in [7, 11) is 0. The zero-order valence-electron chi connectivity index (χ0n) is 15.6. The Bertz CT molecular complexity index is 540. The molecule has 2 fully saturated rings. The first-order valence-electron chi connectivity index (χ1n) is 9.08. The largest absolute Gasteiger partial charge is 0.373 e. The van der Waals surface area contributed by atoms with Gasteiger partial charge in [0, 0.05) is 37.8 Å². The van der Waals surface area contributed by atoms with Crippen LogP contribution in [0.3, 0.4) is 0 Å². The Morgan fingerprint density at radius 2 is 1.85 bits per heavy atom. The van der Waals surface area contributed by atoms with Crippen molar-refractivity contribution in [1.82, 2.24) is 15.5 Å². The number of nitrogens with zero attached hydrogens (tertiary/aromatic N) is 1. The molecule has 0 aromatic heterocycles. The number of amides is 1. The van der Waals surface area contributed by atoms with Gasteiger partial charge in [-0.1, -0.05) is 12.1 Å². The number of halogens is 2. The average molecular weight is 404 g/mol. The summed E-state index contributed by atoms with van der Waals surface area (Å²) in [5.41, 5.74) is 1.98. The molecule has 2 saturated heterocycles. The maximum Gasteiger partial charge on any atom is 0.251 e. The second kappa shape index (κ2) is 11.1. The Morgan fingerprint density at radius 3 is 2.42 bits per heavy atom. The molecule has 1 aromatic rings. The zero-order valence-corrected chi connectivity index (χ0v) is 17.2. The molecule has 3 rings (SSSR count). The van der Waals surface area contributed by atoms with Crippen LogP contribution in [0, 0.1) is 0 Å². The second-order valence-electron chi connectivity index (χ2n) is 7.15. The van der Waals surface area contributed by atoms with Gasteiger partial charge in [-0.3, -0.25) is 9.69 Å².